The average Bonchev–Trinajstić information content (AvgIpc) is 2.66. The minimum Gasteiger partial charge on any atom is -0.508 e. The molecule has 2 nitrogen and oxygen atoms in total. The van der Waals surface area contributed by atoms with E-state index >= 15 is 0 Å². The topological polar surface area (TPSA) is 32.3 Å². The summed E-state index contributed by atoms with van der Waals surface area (Å²) in [6.45, 7) is 3.22. The van der Waals surface area contributed by atoms with E-state index in [1.54, 1.807) is 12.1 Å². The van der Waals surface area contributed by atoms with Crippen LogP contribution in [0, 0.1) is 5.92 Å². The third kappa shape index (κ3) is 4.02. The molecule has 1 fully saturated rings. The van der Waals surface area contributed by atoms with Gasteiger partial charge in [0.05, 0.1) is 0 Å². The highest BCUT2D eigenvalue weighted by molar-refractivity contribution is 5.25. The van der Waals surface area contributed by atoms with Gasteiger partial charge in [0.1, 0.15) is 5.75 Å². The van der Waals surface area contributed by atoms with E-state index in [4.69, 9.17) is 0 Å². The summed E-state index contributed by atoms with van der Waals surface area (Å²) in [5, 5.41) is 12.9. The van der Waals surface area contributed by atoms with Crippen LogP contribution in [0.1, 0.15) is 51.0 Å². The van der Waals surface area contributed by atoms with Gasteiger partial charge in [-0.15, -0.1) is 0 Å². The first kappa shape index (κ1) is 13.4. The molecule has 0 radical (unpaired) electrons. The monoisotopic (exact) mass is 247 g/mol. The smallest absolute Gasteiger partial charge is 0.115 e. The van der Waals surface area contributed by atoms with E-state index in [1.165, 1.54) is 44.1 Å². The first-order valence-corrected chi connectivity index (χ1v) is 7.27. The van der Waals surface area contributed by atoms with E-state index in [0.29, 0.717) is 11.8 Å². The Kier molecular flexibility index (Phi) is 5.06. The van der Waals surface area contributed by atoms with Gasteiger partial charge in [-0.25, -0.2) is 0 Å². The molecule has 0 saturated heterocycles. The van der Waals surface area contributed by atoms with Gasteiger partial charge in [0.2, 0.25) is 0 Å². The number of rotatable bonds is 4. The Morgan fingerprint density at radius 1 is 1.11 bits per heavy atom. The van der Waals surface area contributed by atoms with E-state index in [0.717, 1.165) is 12.5 Å². The molecule has 1 aliphatic carbocycles. The molecule has 0 heterocycles. The van der Waals surface area contributed by atoms with Crippen molar-refractivity contribution in [2.24, 2.45) is 5.92 Å². The Labute approximate surface area is 110 Å². The SMILES string of the molecule is C[C@H](NCc1ccc(O)cc1)C1CCCCCC1. The molecule has 2 heteroatoms. The van der Waals surface area contributed by atoms with Gasteiger partial charge < -0.3 is 10.4 Å². The third-order valence-electron chi connectivity index (χ3n) is 4.17. The molecule has 2 rings (SSSR count). The van der Waals surface area contributed by atoms with Crippen LogP contribution in [0.3, 0.4) is 0 Å². The second-order valence-electron chi connectivity index (χ2n) is 5.59. The molecular formula is C16H25NO. The van der Waals surface area contributed by atoms with Crippen molar-refractivity contribution in [3.05, 3.63) is 29.8 Å². The Bertz CT molecular complexity index is 339. The van der Waals surface area contributed by atoms with Gasteiger partial charge in [-0.2, -0.15) is 0 Å². The summed E-state index contributed by atoms with van der Waals surface area (Å²) >= 11 is 0. The standard InChI is InChI=1S/C16H25NO/c1-13(15-6-4-2-3-5-7-15)17-12-14-8-10-16(18)11-9-14/h8-11,13,15,17-18H,2-7,12H2,1H3/t13-/m0/s1. The number of phenolic OH excluding ortho intramolecular Hbond substituents is 1. The van der Waals surface area contributed by atoms with Crippen molar-refractivity contribution in [2.75, 3.05) is 0 Å². The van der Waals surface area contributed by atoms with Crippen LogP contribution >= 0.6 is 0 Å². The number of nitrogens with one attached hydrogen (secondary N) is 1. The summed E-state index contributed by atoms with van der Waals surface area (Å²) in [5.74, 6) is 1.18. The first-order chi connectivity index (χ1) is 8.75. The second kappa shape index (κ2) is 6.79. The summed E-state index contributed by atoms with van der Waals surface area (Å²) in [6, 6.07) is 8.09. The van der Waals surface area contributed by atoms with Crippen LogP contribution in [0.25, 0.3) is 0 Å². The summed E-state index contributed by atoms with van der Waals surface area (Å²) in [4.78, 5) is 0. The molecule has 0 unspecified atom stereocenters. The summed E-state index contributed by atoms with van der Waals surface area (Å²) in [7, 11) is 0. The highest BCUT2D eigenvalue weighted by Gasteiger charge is 2.18. The minimum absolute atomic E-state index is 0.343. The second-order valence-corrected chi connectivity index (χ2v) is 5.59. The number of phenols is 1. The Morgan fingerprint density at radius 2 is 1.72 bits per heavy atom. The van der Waals surface area contributed by atoms with Gasteiger partial charge in [-0.3, -0.25) is 0 Å². The summed E-state index contributed by atoms with van der Waals surface area (Å²) in [6.07, 6.45) is 8.39. The van der Waals surface area contributed by atoms with Crippen molar-refractivity contribution < 1.29 is 5.11 Å². The van der Waals surface area contributed by atoms with Crippen molar-refractivity contribution in [3.8, 4) is 5.75 Å². The lowest BCUT2D eigenvalue weighted by molar-refractivity contribution is 0.336. The fraction of sp³-hybridized carbons (Fsp3) is 0.625. The van der Waals surface area contributed by atoms with Crippen LogP contribution in [-0.2, 0) is 6.54 Å². The minimum atomic E-state index is 0.343. The summed E-state index contributed by atoms with van der Waals surface area (Å²) < 4.78 is 0. The largest absolute Gasteiger partial charge is 0.508 e. The molecule has 0 spiro atoms. The van der Waals surface area contributed by atoms with E-state index < -0.39 is 0 Å². The highest BCUT2D eigenvalue weighted by atomic mass is 16.3. The van der Waals surface area contributed by atoms with Crippen molar-refractivity contribution in [3.63, 3.8) is 0 Å². The van der Waals surface area contributed by atoms with Crippen LogP contribution in [0.15, 0.2) is 24.3 Å². The van der Waals surface area contributed by atoms with Gasteiger partial charge in [0.15, 0.2) is 0 Å². The van der Waals surface area contributed by atoms with Gasteiger partial charge in [-0.05, 0) is 43.4 Å². The Balaban J connectivity index is 1.79. The Hall–Kier alpha value is -1.02. The van der Waals surface area contributed by atoms with Crippen LogP contribution < -0.4 is 5.32 Å². The zero-order chi connectivity index (χ0) is 12.8. The molecule has 0 aliphatic heterocycles. The molecule has 1 aromatic carbocycles. The van der Waals surface area contributed by atoms with Crippen LogP contribution in [0.4, 0.5) is 0 Å². The molecule has 1 atom stereocenters. The lowest BCUT2D eigenvalue weighted by atomic mass is 9.93. The van der Waals surface area contributed by atoms with Crippen LogP contribution in [0.2, 0.25) is 0 Å². The van der Waals surface area contributed by atoms with Gasteiger partial charge in [0, 0.05) is 12.6 Å². The van der Waals surface area contributed by atoms with Crippen LogP contribution in [-0.4, -0.2) is 11.1 Å². The van der Waals surface area contributed by atoms with Crippen molar-refractivity contribution in [2.45, 2.75) is 58.0 Å². The van der Waals surface area contributed by atoms with Gasteiger partial charge in [0.25, 0.3) is 0 Å². The van der Waals surface area contributed by atoms with Crippen LogP contribution in [0.5, 0.6) is 5.75 Å². The lowest BCUT2D eigenvalue weighted by Gasteiger charge is -2.23. The maximum atomic E-state index is 9.25. The number of aromatic hydroxyl groups is 1. The zero-order valence-corrected chi connectivity index (χ0v) is 11.4. The molecule has 1 aliphatic rings. The van der Waals surface area contributed by atoms with E-state index in [1.807, 2.05) is 12.1 Å². The average molecular weight is 247 g/mol. The quantitative estimate of drug-likeness (QED) is 0.792. The molecule has 100 valence electrons. The van der Waals surface area contributed by atoms with Gasteiger partial charge >= 0.3 is 0 Å². The molecule has 0 bridgehead atoms. The number of benzene rings is 1. The van der Waals surface area contributed by atoms with Crippen molar-refractivity contribution >= 4 is 0 Å². The summed E-state index contributed by atoms with van der Waals surface area (Å²) in [5.41, 5.74) is 1.24. The molecule has 1 saturated carbocycles. The molecule has 2 N–H and O–H groups in total. The maximum absolute atomic E-state index is 9.25. The fourth-order valence-corrected chi connectivity index (χ4v) is 2.87. The molecular weight excluding hydrogens is 222 g/mol. The predicted molar refractivity (Wildman–Crippen MR) is 75.6 cm³/mol. The fourth-order valence-electron chi connectivity index (χ4n) is 2.87. The zero-order valence-electron chi connectivity index (χ0n) is 11.4. The molecule has 0 amide bonds. The molecule has 18 heavy (non-hydrogen) atoms. The Morgan fingerprint density at radius 3 is 2.33 bits per heavy atom. The lowest BCUT2D eigenvalue weighted by Crippen LogP contribution is -2.32. The van der Waals surface area contributed by atoms with Gasteiger partial charge in [-0.1, -0.05) is 37.8 Å². The van der Waals surface area contributed by atoms with E-state index in [9.17, 15) is 5.11 Å². The first-order valence-electron chi connectivity index (χ1n) is 7.27. The van der Waals surface area contributed by atoms with Crippen molar-refractivity contribution in [1.82, 2.24) is 5.32 Å². The third-order valence-corrected chi connectivity index (χ3v) is 4.17. The molecule has 1 aromatic rings. The predicted octanol–water partition coefficient (Wildman–Crippen LogP) is 3.84. The molecule has 0 aromatic heterocycles. The maximum Gasteiger partial charge on any atom is 0.115 e. The van der Waals surface area contributed by atoms with Crippen molar-refractivity contribution in [1.29, 1.82) is 0 Å². The highest BCUT2D eigenvalue weighted by Crippen LogP contribution is 2.25. The van der Waals surface area contributed by atoms with E-state index in [-0.39, 0.29) is 0 Å². The van der Waals surface area contributed by atoms with E-state index in [2.05, 4.69) is 12.2 Å². The normalized spacial score (nSPS) is 19.4. The number of hydrogen-bond acceptors (Lipinski definition) is 2. The number of hydrogen-bond donors (Lipinski definition) is 2.